The van der Waals surface area contributed by atoms with Crippen molar-refractivity contribution in [2.45, 2.75) is 51.7 Å². The standard InChI is InChI=1S/C25H28N2O5/c1-25(2,3)32-24(31)27(22(28)14-13-17-9-5-4-6-10-17)21(23(29)30)15-18-16-26-20-12-8-7-11-19(18)20/h4-12,16,21,26H,13-15H2,1-3H3,(H,29,30)/t21-/m0/s1. The Morgan fingerprint density at radius 1 is 1.03 bits per heavy atom. The molecule has 1 atom stereocenters. The molecule has 0 aliphatic rings. The molecule has 0 saturated heterocycles. The van der Waals surface area contributed by atoms with Crippen LogP contribution in [0.1, 0.15) is 38.3 Å². The van der Waals surface area contributed by atoms with Crippen molar-refractivity contribution >= 4 is 28.9 Å². The van der Waals surface area contributed by atoms with Crippen LogP contribution in [-0.4, -0.2) is 44.6 Å². The molecule has 2 aromatic carbocycles. The van der Waals surface area contributed by atoms with E-state index in [0.29, 0.717) is 12.0 Å². The van der Waals surface area contributed by atoms with Gasteiger partial charge in [0, 0.05) is 29.9 Å². The summed E-state index contributed by atoms with van der Waals surface area (Å²) in [6.45, 7) is 5.02. The molecule has 0 aliphatic carbocycles. The topological polar surface area (TPSA) is 99.7 Å². The van der Waals surface area contributed by atoms with E-state index in [1.54, 1.807) is 27.0 Å². The van der Waals surface area contributed by atoms with Gasteiger partial charge in [-0.2, -0.15) is 0 Å². The first kappa shape index (κ1) is 23.1. The van der Waals surface area contributed by atoms with Crippen molar-refractivity contribution in [1.82, 2.24) is 9.88 Å². The van der Waals surface area contributed by atoms with Crippen LogP contribution in [0.15, 0.2) is 60.8 Å². The molecule has 7 heteroatoms. The fourth-order valence-electron chi connectivity index (χ4n) is 3.53. The fourth-order valence-corrected chi connectivity index (χ4v) is 3.53. The van der Waals surface area contributed by atoms with E-state index in [2.05, 4.69) is 4.98 Å². The van der Waals surface area contributed by atoms with Crippen LogP contribution in [0.5, 0.6) is 0 Å². The number of imide groups is 1. The van der Waals surface area contributed by atoms with Crippen LogP contribution < -0.4 is 0 Å². The van der Waals surface area contributed by atoms with Crippen molar-refractivity contribution in [3.05, 3.63) is 71.9 Å². The second-order valence-electron chi connectivity index (χ2n) is 8.65. The maximum absolute atomic E-state index is 13.1. The number of para-hydroxylation sites is 1. The van der Waals surface area contributed by atoms with Gasteiger partial charge in [-0.05, 0) is 44.4 Å². The maximum atomic E-state index is 13.1. The van der Waals surface area contributed by atoms with Crippen molar-refractivity contribution < 1.29 is 24.2 Å². The molecule has 0 spiro atoms. The lowest BCUT2D eigenvalue weighted by molar-refractivity contribution is -0.149. The number of aliphatic carboxylic acids is 1. The number of aromatic amines is 1. The number of benzene rings is 2. The Bertz CT molecular complexity index is 1100. The van der Waals surface area contributed by atoms with Gasteiger partial charge >= 0.3 is 12.1 Å². The molecule has 1 heterocycles. The van der Waals surface area contributed by atoms with Crippen molar-refractivity contribution in [3.8, 4) is 0 Å². The molecular weight excluding hydrogens is 408 g/mol. The summed E-state index contributed by atoms with van der Waals surface area (Å²) in [7, 11) is 0. The molecule has 0 bridgehead atoms. The molecule has 168 valence electrons. The second kappa shape index (κ2) is 9.68. The summed E-state index contributed by atoms with van der Waals surface area (Å²) in [6, 6.07) is 15.4. The number of H-pyrrole nitrogens is 1. The van der Waals surface area contributed by atoms with Gasteiger partial charge in [0.1, 0.15) is 11.6 Å². The molecule has 7 nitrogen and oxygen atoms in total. The number of carbonyl (C=O) groups excluding carboxylic acids is 2. The number of nitrogens with one attached hydrogen (secondary N) is 1. The van der Waals surface area contributed by atoms with Gasteiger partial charge in [0.05, 0.1) is 0 Å². The van der Waals surface area contributed by atoms with E-state index < -0.39 is 29.6 Å². The molecule has 3 rings (SSSR count). The van der Waals surface area contributed by atoms with Crippen LogP contribution in [0.4, 0.5) is 4.79 Å². The third-order valence-corrected chi connectivity index (χ3v) is 5.01. The molecule has 0 fully saturated rings. The number of nitrogens with zero attached hydrogens (tertiary/aromatic N) is 1. The molecule has 0 unspecified atom stereocenters. The lowest BCUT2D eigenvalue weighted by atomic mass is 10.0. The number of carboxylic acid groups (broad SMARTS) is 1. The van der Waals surface area contributed by atoms with Crippen molar-refractivity contribution in [3.63, 3.8) is 0 Å². The third kappa shape index (κ3) is 5.75. The van der Waals surface area contributed by atoms with Gasteiger partial charge in [0.2, 0.25) is 5.91 Å². The van der Waals surface area contributed by atoms with Gasteiger partial charge in [-0.3, -0.25) is 4.79 Å². The summed E-state index contributed by atoms with van der Waals surface area (Å²) in [6.07, 6.45) is 1.10. The molecule has 2 amide bonds. The highest BCUT2D eigenvalue weighted by Crippen LogP contribution is 2.23. The van der Waals surface area contributed by atoms with Gasteiger partial charge in [-0.15, -0.1) is 0 Å². The highest BCUT2D eigenvalue weighted by molar-refractivity contribution is 5.97. The number of aromatic nitrogens is 1. The second-order valence-corrected chi connectivity index (χ2v) is 8.65. The summed E-state index contributed by atoms with van der Waals surface area (Å²) < 4.78 is 5.41. The summed E-state index contributed by atoms with van der Waals surface area (Å²) in [5, 5.41) is 10.8. The molecule has 0 saturated carbocycles. The van der Waals surface area contributed by atoms with E-state index in [4.69, 9.17) is 4.74 Å². The predicted molar refractivity (Wildman–Crippen MR) is 121 cm³/mol. The zero-order valence-electron chi connectivity index (χ0n) is 18.5. The number of ether oxygens (including phenoxy) is 1. The average Bonchev–Trinajstić information content (AvgIpc) is 3.14. The summed E-state index contributed by atoms with van der Waals surface area (Å²) in [5.74, 6) is -1.86. The number of fused-ring (bicyclic) bond motifs is 1. The van der Waals surface area contributed by atoms with Crippen LogP contribution in [-0.2, 0) is 27.2 Å². The molecule has 0 aliphatic heterocycles. The molecule has 3 aromatic rings. The third-order valence-electron chi connectivity index (χ3n) is 5.01. The van der Waals surface area contributed by atoms with E-state index in [-0.39, 0.29) is 12.8 Å². The Morgan fingerprint density at radius 3 is 2.34 bits per heavy atom. The van der Waals surface area contributed by atoms with Crippen LogP contribution in [0.25, 0.3) is 10.9 Å². The first-order chi connectivity index (χ1) is 15.2. The predicted octanol–water partition coefficient (Wildman–Crippen LogP) is 4.56. The monoisotopic (exact) mass is 436 g/mol. The molecule has 32 heavy (non-hydrogen) atoms. The maximum Gasteiger partial charge on any atom is 0.417 e. The zero-order chi connectivity index (χ0) is 23.3. The van der Waals surface area contributed by atoms with Crippen LogP contribution >= 0.6 is 0 Å². The number of carboxylic acids is 1. The first-order valence-corrected chi connectivity index (χ1v) is 10.5. The van der Waals surface area contributed by atoms with Crippen LogP contribution in [0.2, 0.25) is 0 Å². The molecule has 0 radical (unpaired) electrons. The number of carbonyl (C=O) groups is 3. The first-order valence-electron chi connectivity index (χ1n) is 10.5. The Morgan fingerprint density at radius 2 is 1.69 bits per heavy atom. The highest BCUT2D eigenvalue weighted by Gasteiger charge is 2.37. The van der Waals surface area contributed by atoms with Crippen LogP contribution in [0, 0.1) is 0 Å². The van der Waals surface area contributed by atoms with E-state index in [0.717, 1.165) is 21.4 Å². The minimum absolute atomic E-state index is 0.0130. The smallest absolute Gasteiger partial charge is 0.417 e. The normalized spacial score (nSPS) is 12.3. The van der Waals surface area contributed by atoms with E-state index in [1.165, 1.54) is 0 Å². The number of amides is 2. The van der Waals surface area contributed by atoms with Crippen LogP contribution in [0.3, 0.4) is 0 Å². The van der Waals surface area contributed by atoms with Gasteiger partial charge in [0.25, 0.3) is 0 Å². The molecule has 1 aromatic heterocycles. The fraction of sp³-hybridized carbons (Fsp3) is 0.320. The van der Waals surface area contributed by atoms with Gasteiger partial charge < -0.3 is 14.8 Å². The summed E-state index contributed by atoms with van der Waals surface area (Å²) in [4.78, 5) is 42.2. The number of hydrogen-bond acceptors (Lipinski definition) is 4. The highest BCUT2D eigenvalue weighted by atomic mass is 16.6. The SMILES string of the molecule is CC(C)(C)OC(=O)N(C(=O)CCc1ccccc1)[C@@H](Cc1c[nH]c2ccccc12)C(=O)O. The lowest BCUT2D eigenvalue weighted by Gasteiger charge is -2.30. The average molecular weight is 437 g/mol. The van der Waals surface area contributed by atoms with Gasteiger partial charge in [-0.1, -0.05) is 48.5 Å². The summed E-state index contributed by atoms with van der Waals surface area (Å²) in [5.41, 5.74) is 1.61. The van der Waals surface area contributed by atoms with Crippen molar-refractivity contribution in [1.29, 1.82) is 0 Å². The number of hydrogen-bond donors (Lipinski definition) is 2. The number of rotatable bonds is 7. The summed E-state index contributed by atoms with van der Waals surface area (Å²) >= 11 is 0. The number of aryl methyl sites for hydroxylation is 1. The minimum Gasteiger partial charge on any atom is -0.480 e. The van der Waals surface area contributed by atoms with Crippen molar-refractivity contribution in [2.24, 2.45) is 0 Å². The van der Waals surface area contributed by atoms with E-state index in [1.807, 2.05) is 54.6 Å². The van der Waals surface area contributed by atoms with E-state index in [9.17, 15) is 19.5 Å². The Labute approximate surface area is 187 Å². The Hall–Kier alpha value is -3.61. The molecule has 2 N–H and O–H groups in total. The van der Waals surface area contributed by atoms with Gasteiger partial charge in [0.15, 0.2) is 0 Å². The molecular formula is C25H28N2O5. The minimum atomic E-state index is -1.40. The quantitative estimate of drug-likeness (QED) is 0.566. The van der Waals surface area contributed by atoms with Crippen molar-refractivity contribution in [2.75, 3.05) is 0 Å². The lowest BCUT2D eigenvalue weighted by Crippen LogP contribution is -2.51. The zero-order valence-corrected chi connectivity index (χ0v) is 18.5. The van der Waals surface area contributed by atoms with Gasteiger partial charge in [-0.25, -0.2) is 14.5 Å². The largest absolute Gasteiger partial charge is 0.480 e. The Kier molecular flexibility index (Phi) is 6.98. The van der Waals surface area contributed by atoms with E-state index >= 15 is 0 Å². The Balaban J connectivity index is 1.89.